The summed E-state index contributed by atoms with van der Waals surface area (Å²) in [6.45, 7) is 0.562. The van der Waals surface area contributed by atoms with Gasteiger partial charge in [0.1, 0.15) is 23.8 Å². The molecule has 5 rings (SSSR count). The van der Waals surface area contributed by atoms with Gasteiger partial charge in [-0.2, -0.15) is 0 Å². The quantitative estimate of drug-likeness (QED) is 0.352. The van der Waals surface area contributed by atoms with E-state index in [1.54, 1.807) is 4.90 Å². The fraction of sp³-hybridized carbons (Fsp3) is 0.464. The van der Waals surface area contributed by atoms with Crippen molar-refractivity contribution in [2.45, 2.75) is 50.4 Å². The van der Waals surface area contributed by atoms with Crippen LogP contribution in [0.5, 0.6) is 5.75 Å². The van der Waals surface area contributed by atoms with Crippen molar-refractivity contribution in [2.75, 3.05) is 34.2 Å². The van der Waals surface area contributed by atoms with Crippen LogP contribution in [0.3, 0.4) is 0 Å². The number of hydrogen-bond acceptors (Lipinski definition) is 10. The number of fused-ring (bicyclic) bond motifs is 5. The minimum absolute atomic E-state index is 0.0135. The Kier molecular flexibility index (Phi) is 8.35. The van der Waals surface area contributed by atoms with E-state index in [2.05, 4.69) is 10.5 Å². The molecule has 4 heterocycles. The molecule has 1 spiro atoms. The van der Waals surface area contributed by atoms with Gasteiger partial charge in [-0.3, -0.25) is 14.4 Å². The largest absolute Gasteiger partial charge is 0.482 e. The molecule has 2 aromatic rings. The van der Waals surface area contributed by atoms with Crippen molar-refractivity contribution in [2.24, 2.45) is 5.16 Å². The minimum Gasteiger partial charge on any atom is -0.482 e. The maximum Gasteiger partial charge on any atom is 0.334 e. The third-order valence-electron chi connectivity index (χ3n) is 7.89. The van der Waals surface area contributed by atoms with Crippen LogP contribution < -0.4 is 15.5 Å². The van der Waals surface area contributed by atoms with Crippen molar-refractivity contribution in [3.05, 3.63) is 63.1 Å². The van der Waals surface area contributed by atoms with E-state index in [-0.39, 0.29) is 43.4 Å². The third kappa shape index (κ3) is 5.63. The first-order valence-electron chi connectivity index (χ1n) is 13.5. The highest BCUT2D eigenvalue weighted by Crippen LogP contribution is 2.46. The van der Waals surface area contributed by atoms with E-state index in [0.717, 1.165) is 6.07 Å². The van der Waals surface area contributed by atoms with Crippen molar-refractivity contribution >= 4 is 23.7 Å². The molecule has 3 aliphatic heterocycles. The smallest absolute Gasteiger partial charge is 0.334 e. The number of benzene rings is 1. The fourth-order valence-corrected chi connectivity index (χ4v) is 5.56. The van der Waals surface area contributed by atoms with E-state index < -0.39 is 64.6 Å². The average molecular weight is 605 g/mol. The third-order valence-corrected chi connectivity index (χ3v) is 7.89. The molecule has 1 aromatic carbocycles. The molecular weight excluding hydrogens is 574 g/mol. The first-order valence-corrected chi connectivity index (χ1v) is 13.5. The summed E-state index contributed by atoms with van der Waals surface area (Å²) >= 11 is 0. The monoisotopic (exact) mass is 604 g/mol. The Morgan fingerprint density at radius 1 is 1.23 bits per heavy atom. The van der Waals surface area contributed by atoms with Gasteiger partial charge in [-0.25, -0.2) is 13.6 Å². The lowest BCUT2D eigenvalue weighted by molar-refractivity contribution is -0.154. The van der Waals surface area contributed by atoms with Crippen LogP contribution in [0, 0.1) is 11.6 Å². The molecule has 1 aromatic heterocycles. The van der Waals surface area contributed by atoms with E-state index in [1.165, 1.54) is 31.0 Å². The molecule has 1 N–H and O–H groups in total. The van der Waals surface area contributed by atoms with Gasteiger partial charge in [-0.05, 0) is 25.8 Å². The van der Waals surface area contributed by atoms with Gasteiger partial charge in [0.05, 0.1) is 19.6 Å². The molecule has 2 amide bonds. The topological polar surface area (TPSA) is 147 Å². The summed E-state index contributed by atoms with van der Waals surface area (Å²) in [5, 5.41) is 6.54. The van der Waals surface area contributed by atoms with E-state index in [9.17, 15) is 28.0 Å². The normalized spacial score (nSPS) is 22.3. The number of nitrogens with one attached hydrogen (secondary N) is 1. The summed E-state index contributed by atoms with van der Waals surface area (Å²) in [5.41, 5.74) is -2.54. The molecule has 0 radical (unpaired) electrons. The summed E-state index contributed by atoms with van der Waals surface area (Å²) in [5.74, 6) is -4.04. The molecule has 230 valence electrons. The molecule has 43 heavy (non-hydrogen) atoms. The van der Waals surface area contributed by atoms with Crippen LogP contribution in [0.1, 0.15) is 58.6 Å². The molecule has 0 aliphatic carbocycles. The van der Waals surface area contributed by atoms with Gasteiger partial charge in [-0.15, -0.1) is 0 Å². The Labute approximate surface area is 244 Å². The standard InChI is InChI=1S/C28H30F2N4O9/c1-15-6-7-28(9-21(40-3)32-43-28)20-12-33(15)27(38)23-25(42-14-41-22(35)13-39-2)24(36)18(11-34(20)23)26(37)31-10-16-4-5-17(29)8-19(16)30/h4-5,8,11,15,20H,6-7,9-10,12-14H2,1-3H3,(H,31,37)/t15-,20+,28-/m0/s1. The van der Waals surface area contributed by atoms with Crippen LogP contribution in [0.25, 0.3) is 0 Å². The molecule has 1 saturated heterocycles. The number of aromatic nitrogens is 1. The van der Waals surface area contributed by atoms with E-state index in [1.807, 2.05) is 6.92 Å². The summed E-state index contributed by atoms with van der Waals surface area (Å²) in [6, 6.07) is 2.00. The van der Waals surface area contributed by atoms with Crippen LogP contribution in [0.15, 0.2) is 34.3 Å². The summed E-state index contributed by atoms with van der Waals surface area (Å²) in [7, 11) is 2.76. The first kappa shape index (κ1) is 29.9. The van der Waals surface area contributed by atoms with Crippen molar-refractivity contribution in [1.29, 1.82) is 0 Å². The number of oxime groups is 1. The lowest BCUT2D eigenvalue weighted by Crippen LogP contribution is -2.52. The number of hydrogen-bond donors (Lipinski definition) is 1. The number of halogens is 2. The molecule has 0 saturated carbocycles. The zero-order valence-electron chi connectivity index (χ0n) is 23.7. The number of carbonyl (C=O) groups excluding carboxylic acids is 3. The zero-order chi connectivity index (χ0) is 30.9. The van der Waals surface area contributed by atoms with Gasteiger partial charge >= 0.3 is 5.97 Å². The Morgan fingerprint density at radius 2 is 2.02 bits per heavy atom. The highest BCUT2D eigenvalue weighted by Gasteiger charge is 2.54. The van der Waals surface area contributed by atoms with Crippen molar-refractivity contribution in [3.63, 3.8) is 0 Å². The predicted octanol–water partition coefficient (Wildman–Crippen LogP) is 1.88. The number of nitrogens with zero attached hydrogens (tertiary/aromatic N) is 3. The molecule has 1 fully saturated rings. The molecule has 3 aliphatic rings. The molecular formula is C28H30F2N4O9. The molecule has 3 atom stereocenters. The van der Waals surface area contributed by atoms with Crippen LogP contribution in [-0.2, 0) is 30.4 Å². The fourth-order valence-electron chi connectivity index (χ4n) is 5.56. The SMILES string of the molecule is COCC(=O)OCOc1c2n(cc(C(=O)NCc3ccc(F)cc3F)c1=O)[C@@H]1CN(C2=O)[C@@H](C)CC[C@]12CC(OC)=NO2. The van der Waals surface area contributed by atoms with Crippen LogP contribution in [-0.4, -0.2) is 79.0 Å². The molecule has 15 heteroatoms. The Balaban J connectivity index is 1.58. The average Bonchev–Trinajstić information content (AvgIpc) is 3.35. The Morgan fingerprint density at radius 3 is 2.72 bits per heavy atom. The van der Waals surface area contributed by atoms with E-state index >= 15 is 0 Å². The number of amides is 2. The number of pyridine rings is 1. The second-order valence-corrected chi connectivity index (χ2v) is 10.5. The second kappa shape index (κ2) is 12.0. The van der Waals surface area contributed by atoms with Gasteiger partial charge < -0.3 is 38.6 Å². The number of rotatable bonds is 8. The highest BCUT2D eigenvalue weighted by molar-refractivity contribution is 5.99. The number of carbonyl (C=O) groups is 3. The lowest BCUT2D eigenvalue weighted by Gasteiger charge is -2.42. The van der Waals surface area contributed by atoms with Gasteiger partial charge in [0, 0.05) is 44.1 Å². The number of esters is 1. The van der Waals surface area contributed by atoms with Gasteiger partial charge in [-0.1, -0.05) is 11.2 Å². The first-order chi connectivity index (χ1) is 20.6. The van der Waals surface area contributed by atoms with E-state index in [0.29, 0.717) is 24.8 Å². The highest BCUT2D eigenvalue weighted by atomic mass is 19.1. The van der Waals surface area contributed by atoms with Crippen LogP contribution in [0.2, 0.25) is 0 Å². The number of ether oxygens (including phenoxy) is 4. The Bertz CT molecular complexity index is 1540. The molecule has 0 unspecified atom stereocenters. The molecule has 13 nitrogen and oxygen atoms in total. The van der Waals surface area contributed by atoms with Crippen molar-refractivity contribution in [3.8, 4) is 5.75 Å². The van der Waals surface area contributed by atoms with Crippen LogP contribution >= 0.6 is 0 Å². The predicted molar refractivity (Wildman–Crippen MR) is 143 cm³/mol. The van der Waals surface area contributed by atoms with Crippen molar-refractivity contribution < 1.29 is 46.9 Å². The zero-order valence-corrected chi connectivity index (χ0v) is 23.7. The maximum absolute atomic E-state index is 14.2. The maximum atomic E-state index is 14.2. The number of methoxy groups -OCH3 is 2. The minimum atomic E-state index is -0.980. The van der Waals surface area contributed by atoms with Gasteiger partial charge in [0.25, 0.3) is 11.8 Å². The second-order valence-electron chi connectivity index (χ2n) is 10.5. The summed E-state index contributed by atoms with van der Waals surface area (Å²) < 4.78 is 49.6. The van der Waals surface area contributed by atoms with Crippen LogP contribution in [0.4, 0.5) is 8.78 Å². The van der Waals surface area contributed by atoms with Crippen molar-refractivity contribution in [1.82, 2.24) is 14.8 Å². The Hall–Kier alpha value is -4.53. The summed E-state index contributed by atoms with van der Waals surface area (Å²) in [6.07, 6.45) is 2.53. The molecule has 2 bridgehead atoms. The summed E-state index contributed by atoms with van der Waals surface area (Å²) in [4.78, 5) is 60.3. The van der Waals surface area contributed by atoms with Gasteiger partial charge in [0.15, 0.2) is 11.3 Å². The lowest BCUT2D eigenvalue weighted by atomic mass is 9.85. The van der Waals surface area contributed by atoms with E-state index in [4.69, 9.17) is 23.8 Å². The van der Waals surface area contributed by atoms with Gasteiger partial charge in [0.2, 0.25) is 23.9 Å².